The first-order valence-corrected chi connectivity index (χ1v) is 9.61. The molecule has 1 amide bonds. The molecular weight excluding hydrogens is 397 g/mol. The third kappa shape index (κ3) is 4.97. The van der Waals surface area contributed by atoms with Gasteiger partial charge < -0.3 is 10.6 Å². The lowest BCUT2D eigenvalue weighted by Gasteiger charge is -2.24. The maximum atomic E-state index is 13.1. The second-order valence-corrected chi connectivity index (χ2v) is 8.63. The highest BCUT2D eigenvalue weighted by Gasteiger charge is 2.26. The maximum Gasteiger partial charge on any atom is 0.252 e. The summed E-state index contributed by atoms with van der Waals surface area (Å²) < 4.78 is 1.95. The predicted molar refractivity (Wildman–Crippen MR) is 119 cm³/mol. The van der Waals surface area contributed by atoms with Crippen LogP contribution in [0.4, 0.5) is 0 Å². The molecule has 8 heteroatoms. The predicted octanol–water partition coefficient (Wildman–Crippen LogP) is 3.94. The van der Waals surface area contributed by atoms with E-state index in [1.807, 2.05) is 17.7 Å². The number of rotatable bonds is 3. The Morgan fingerprint density at radius 1 is 1.32 bits per heavy atom. The number of carbonyl (C=O) groups is 1. The average molecular weight is 430 g/mol. The monoisotopic (exact) mass is 429 g/mol. The first kappa shape index (κ1) is 24.7. The molecule has 28 heavy (non-hydrogen) atoms. The van der Waals surface area contributed by atoms with Gasteiger partial charge in [-0.1, -0.05) is 13.8 Å². The number of pyridine rings is 1. The van der Waals surface area contributed by atoms with Crippen LogP contribution in [0.1, 0.15) is 75.1 Å². The van der Waals surface area contributed by atoms with Gasteiger partial charge in [0.1, 0.15) is 0 Å². The molecule has 2 N–H and O–H groups in total. The van der Waals surface area contributed by atoms with Gasteiger partial charge in [-0.15, -0.1) is 24.8 Å². The molecule has 2 aromatic rings. The lowest BCUT2D eigenvalue weighted by Crippen LogP contribution is -2.45. The number of fused-ring (bicyclic) bond motifs is 1. The van der Waals surface area contributed by atoms with Gasteiger partial charge in [-0.05, 0) is 59.1 Å². The van der Waals surface area contributed by atoms with Crippen LogP contribution in [0, 0.1) is 6.92 Å². The van der Waals surface area contributed by atoms with Crippen LogP contribution in [0.15, 0.2) is 6.07 Å². The van der Waals surface area contributed by atoms with Crippen LogP contribution < -0.4 is 10.6 Å². The van der Waals surface area contributed by atoms with E-state index in [2.05, 4.69) is 45.3 Å². The van der Waals surface area contributed by atoms with Crippen LogP contribution in [0.2, 0.25) is 0 Å². The van der Waals surface area contributed by atoms with E-state index in [1.165, 1.54) is 0 Å². The molecule has 1 aliphatic rings. The van der Waals surface area contributed by atoms with Crippen LogP contribution >= 0.6 is 24.8 Å². The van der Waals surface area contributed by atoms with E-state index < -0.39 is 0 Å². The maximum absolute atomic E-state index is 13.1. The molecule has 0 radical (unpaired) electrons. The molecule has 3 rings (SSSR count). The number of aryl methyl sites for hydroxylation is 1. The van der Waals surface area contributed by atoms with Crippen molar-refractivity contribution >= 4 is 41.8 Å². The van der Waals surface area contributed by atoms with Crippen LogP contribution in [0.25, 0.3) is 11.0 Å². The lowest BCUT2D eigenvalue weighted by atomic mass is 10.0. The number of hydrogen-bond donors (Lipinski definition) is 2. The summed E-state index contributed by atoms with van der Waals surface area (Å²) in [5.41, 5.74) is 3.07. The van der Waals surface area contributed by atoms with Crippen LogP contribution in [0.5, 0.6) is 0 Å². The van der Waals surface area contributed by atoms with E-state index >= 15 is 0 Å². The highest BCUT2D eigenvalue weighted by Crippen LogP contribution is 2.29. The van der Waals surface area contributed by atoms with Gasteiger partial charge in [0.25, 0.3) is 5.91 Å². The van der Waals surface area contributed by atoms with Crippen LogP contribution in [-0.4, -0.2) is 39.8 Å². The lowest BCUT2D eigenvalue weighted by molar-refractivity contribution is 0.0932. The molecule has 0 saturated carbocycles. The molecule has 1 atom stereocenters. The first-order chi connectivity index (χ1) is 12.2. The molecule has 0 bridgehead atoms. The van der Waals surface area contributed by atoms with Crippen molar-refractivity contribution in [1.82, 2.24) is 25.4 Å². The Labute approximate surface area is 180 Å². The Morgan fingerprint density at radius 2 is 2.00 bits per heavy atom. The van der Waals surface area contributed by atoms with Crippen molar-refractivity contribution in [2.24, 2.45) is 0 Å². The van der Waals surface area contributed by atoms with Gasteiger partial charge in [0, 0.05) is 18.3 Å². The van der Waals surface area contributed by atoms with Crippen LogP contribution in [-0.2, 0) is 5.54 Å². The molecule has 3 heterocycles. The van der Waals surface area contributed by atoms with Crippen molar-refractivity contribution in [3.8, 4) is 0 Å². The van der Waals surface area contributed by atoms with E-state index in [0.29, 0.717) is 5.56 Å². The minimum absolute atomic E-state index is 0. The van der Waals surface area contributed by atoms with Crippen LogP contribution in [0.3, 0.4) is 0 Å². The number of nitrogens with one attached hydrogen (secondary N) is 2. The summed E-state index contributed by atoms with van der Waals surface area (Å²) in [6.45, 7) is 14.3. The largest absolute Gasteiger partial charge is 0.348 e. The molecule has 2 aromatic heterocycles. The number of nitrogens with zero attached hydrogens (tertiary/aromatic N) is 3. The molecule has 0 aromatic carbocycles. The molecule has 1 unspecified atom stereocenters. The molecule has 0 spiro atoms. The van der Waals surface area contributed by atoms with E-state index in [1.54, 1.807) is 0 Å². The molecular formula is C20H33Cl2N5O. The Morgan fingerprint density at radius 3 is 2.54 bits per heavy atom. The molecule has 6 nitrogen and oxygen atoms in total. The van der Waals surface area contributed by atoms with Gasteiger partial charge in [0.2, 0.25) is 0 Å². The quantitative estimate of drug-likeness (QED) is 0.774. The summed E-state index contributed by atoms with van der Waals surface area (Å²) in [5.74, 6) is 0.218. The number of amides is 1. The second-order valence-electron chi connectivity index (χ2n) is 8.63. The minimum Gasteiger partial charge on any atom is -0.348 e. The van der Waals surface area contributed by atoms with Crippen molar-refractivity contribution in [1.29, 1.82) is 0 Å². The third-order valence-electron chi connectivity index (χ3n) is 4.94. The molecule has 0 aliphatic carbocycles. The molecule has 1 fully saturated rings. The summed E-state index contributed by atoms with van der Waals surface area (Å²) in [6, 6.07) is 2.13. The van der Waals surface area contributed by atoms with Gasteiger partial charge in [0.05, 0.1) is 22.2 Å². The normalized spacial score (nSPS) is 17.2. The zero-order valence-corrected chi connectivity index (χ0v) is 19.3. The topological polar surface area (TPSA) is 71.8 Å². The Hall–Kier alpha value is -1.37. The molecule has 1 saturated heterocycles. The Bertz CT molecular complexity index is 820. The average Bonchev–Trinajstić information content (AvgIpc) is 2.92. The van der Waals surface area contributed by atoms with Crippen molar-refractivity contribution in [2.45, 2.75) is 71.9 Å². The zero-order chi connectivity index (χ0) is 19.1. The summed E-state index contributed by atoms with van der Waals surface area (Å²) in [7, 11) is 0. The van der Waals surface area contributed by atoms with Crippen molar-refractivity contribution in [3.63, 3.8) is 0 Å². The third-order valence-corrected chi connectivity index (χ3v) is 4.94. The Balaban J connectivity index is 0.00000196. The zero-order valence-electron chi connectivity index (χ0n) is 17.6. The number of hydrogen-bond acceptors (Lipinski definition) is 4. The fraction of sp³-hybridized carbons (Fsp3) is 0.650. The highest BCUT2D eigenvalue weighted by molar-refractivity contribution is 6.06. The summed E-state index contributed by atoms with van der Waals surface area (Å²) >= 11 is 0. The van der Waals surface area contributed by atoms with E-state index in [-0.39, 0.29) is 48.2 Å². The van der Waals surface area contributed by atoms with Gasteiger partial charge >= 0.3 is 0 Å². The highest BCUT2D eigenvalue weighted by atomic mass is 35.5. The fourth-order valence-corrected chi connectivity index (χ4v) is 3.49. The van der Waals surface area contributed by atoms with Gasteiger partial charge in [-0.25, -0.2) is 9.67 Å². The van der Waals surface area contributed by atoms with E-state index in [9.17, 15) is 4.79 Å². The smallest absolute Gasteiger partial charge is 0.252 e. The van der Waals surface area contributed by atoms with Crippen molar-refractivity contribution in [2.75, 3.05) is 13.1 Å². The van der Waals surface area contributed by atoms with E-state index in [4.69, 9.17) is 10.1 Å². The standard InChI is InChI=1S/C20H31N5O.2ClH/c1-12(2)16-10-15(19(26)22-14-8-7-9-21-11-14)17-13(3)24-25(18(17)23-16)20(4,5)6;;/h10,12,14,21H,7-9,11H2,1-6H3,(H,22,26);2*1H. The Kier molecular flexibility index (Phi) is 8.30. The summed E-state index contributed by atoms with van der Waals surface area (Å²) in [5, 5.41) is 12.1. The first-order valence-electron chi connectivity index (χ1n) is 9.61. The second kappa shape index (κ2) is 9.42. The number of halogens is 2. The SMILES string of the molecule is Cc1nn(C(C)(C)C)c2nc(C(C)C)cc(C(=O)NC3CCCNC3)c12.Cl.Cl. The molecule has 158 valence electrons. The van der Waals surface area contributed by atoms with Gasteiger partial charge in [-0.3, -0.25) is 4.79 Å². The van der Waals surface area contributed by atoms with Crippen molar-refractivity contribution in [3.05, 3.63) is 23.0 Å². The van der Waals surface area contributed by atoms with E-state index in [0.717, 1.165) is 48.4 Å². The summed E-state index contributed by atoms with van der Waals surface area (Å²) in [4.78, 5) is 18.0. The van der Waals surface area contributed by atoms with Gasteiger partial charge in [-0.2, -0.15) is 5.10 Å². The molecule has 1 aliphatic heterocycles. The summed E-state index contributed by atoms with van der Waals surface area (Å²) in [6.07, 6.45) is 2.11. The fourth-order valence-electron chi connectivity index (χ4n) is 3.49. The number of piperidine rings is 1. The number of carbonyl (C=O) groups excluding carboxylic acids is 1. The van der Waals surface area contributed by atoms with Gasteiger partial charge in [0.15, 0.2) is 5.65 Å². The van der Waals surface area contributed by atoms with Crippen molar-refractivity contribution < 1.29 is 4.79 Å². The minimum atomic E-state index is -0.198. The number of aromatic nitrogens is 3.